The lowest BCUT2D eigenvalue weighted by Crippen LogP contribution is -2.42. The Bertz CT molecular complexity index is 245. The van der Waals surface area contributed by atoms with Crippen molar-refractivity contribution in [1.29, 1.82) is 0 Å². The molecule has 0 aliphatic carbocycles. The average Bonchev–Trinajstić information content (AvgIpc) is 2.66. The Labute approximate surface area is 88.9 Å². The summed E-state index contributed by atoms with van der Waals surface area (Å²) in [4.78, 5) is 24.0. The molecule has 6 heteroatoms. The number of ether oxygens (including phenoxy) is 1. The van der Waals surface area contributed by atoms with E-state index in [-0.39, 0.29) is 12.1 Å². The number of nitrogens with one attached hydrogen (secondary N) is 2. The van der Waals surface area contributed by atoms with E-state index in [0.717, 1.165) is 6.42 Å². The molecule has 1 fully saturated rings. The highest BCUT2D eigenvalue weighted by Gasteiger charge is 2.26. The van der Waals surface area contributed by atoms with E-state index in [2.05, 4.69) is 15.4 Å². The fourth-order valence-corrected chi connectivity index (χ4v) is 1.55. The zero-order chi connectivity index (χ0) is 11.3. The quantitative estimate of drug-likeness (QED) is 0.688. The molecule has 1 heterocycles. The zero-order valence-corrected chi connectivity index (χ0v) is 9.08. The summed E-state index contributed by atoms with van der Waals surface area (Å²) in [6.45, 7) is 3.70. The summed E-state index contributed by atoms with van der Waals surface area (Å²) < 4.78 is 4.49. The Morgan fingerprint density at radius 2 is 2.27 bits per heavy atom. The Hall–Kier alpha value is -1.46. The Morgan fingerprint density at radius 1 is 1.53 bits per heavy atom. The zero-order valence-electron chi connectivity index (χ0n) is 9.08. The van der Waals surface area contributed by atoms with Gasteiger partial charge in [-0.1, -0.05) is 0 Å². The van der Waals surface area contributed by atoms with Crippen LogP contribution in [-0.2, 0) is 4.74 Å². The van der Waals surface area contributed by atoms with Gasteiger partial charge in [0.05, 0.1) is 13.2 Å². The second-order valence-corrected chi connectivity index (χ2v) is 3.40. The van der Waals surface area contributed by atoms with Gasteiger partial charge in [0.15, 0.2) is 0 Å². The summed E-state index contributed by atoms with van der Waals surface area (Å²) in [6.07, 6.45) is 0.324. The molecule has 15 heavy (non-hydrogen) atoms. The lowest BCUT2D eigenvalue weighted by molar-refractivity contribution is 0.166. The first-order valence-electron chi connectivity index (χ1n) is 5.04. The van der Waals surface area contributed by atoms with E-state index < -0.39 is 6.09 Å². The van der Waals surface area contributed by atoms with E-state index >= 15 is 0 Å². The monoisotopic (exact) mass is 215 g/mol. The third-order valence-corrected chi connectivity index (χ3v) is 2.31. The molecule has 0 aromatic rings. The number of carbonyl (C=O) groups excluding carboxylic acids is 2. The fourth-order valence-electron chi connectivity index (χ4n) is 1.55. The van der Waals surface area contributed by atoms with Gasteiger partial charge in [-0.05, 0) is 13.3 Å². The van der Waals surface area contributed by atoms with Gasteiger partial charge in [0, 0.05) is 19.6 Å². The highest BCUT2D eigenvalue weighted by molar-refractivity contribution is 5.74. The van der Waals surface area contributed by atoms with Crippen molar-refractivity contribution in [2.75, 3.05) is 26.7 Å². The lowest BCUT2D eigenvalue weighted by Gasteiger charge is -2.16. The van der Waals surface area contributed by atoms with Crippen LogP contribution in [-0.4, -0.2) is 49.8 Å². The molecule has 3 amide bonds. The van der Waals surface area contributed by atoms with Crippen LogP contribution in [0.3, 0.4) is 0 Å². The summed E-state index contributed by atoms with van der Waals surface area (Å²) in [7, 11) is 1.33. The molecule has 1 saturated heterocycles. The Morgan fingerprint density at radius 3 is 2.87 bits per heavy atom. The second-order valence-electron chi connectivity index (χ2n) is 3.40. The van der Waals surface area contributed by atoms with Gasteiger partial charge in [0.1, 0.15) is 0 Å². The van der Waals surface area contributed by atoms with Crippen LogP contribution in [0.15, 0.2) is 0 Å². The van der Waals surface area contributed by atoms with Crippen LogP contribution in [0.25, 0.3) is 0 Å². The van der Waals surface area contributed by atoms with Crippen molar-refractivity contribution in [2.45, 2.75) is 19.4 Å². The molecule has 1 atom stereocenters. The fraction of sp³-hybridized carbons (Fsp3) is 0.778. The topological polar surface area (TPSA) is 70.7 Å². The van der Waals surface area contributed by atoms with E-state index in [0.29, 0.717) is 19.6 Å². The van der Waals surface area contributed by atoms with Gasteiger partial charge in [0.2, 0.25) is 0 Å². The second kappa shape index (κ2) is 5.43. The summed E-state index contributed by atoms with van der Waals surface area (Å²) in [6, 6.07) is -0.0771. The van der Waals surface area contributed by atoms with Crippen LogP contribution < -0.4 is 10.6 Å². The molecule has 1 aliphatic heterocycles. The Balaban J connectivity index is 2.32. The molecule has 1 rings (SSSR count). The van der Waals surface area contributed by atoms with Gasteiger partial charge in [-0.25, -0.2) is 9.59 Å². The van der Waals surface area contributed by atoms with Crippen LogP contribution >= 0.6 is 0 Å². The van der Waals surface area contributed by atoms with Crippen molar-refractivity contribution in [3.63, 3.8) is 0 Å². The van der Waals surface area contributed by atoms with E-state index in [1.165, 1.54) is 7.11 Å². The van der Waals surface area contributed by atoms with E-state index in [1.54, 1.807) is 4.90 Å². The van der Waals surface area contributed by atoms with Crippen molar-refractivity contribution in [2.24, 2.45) is 0 Å². The number of urea groups is 1. The molecule has 6 nitrogen and oxygen atoms in total. The van der Waals surface area contributed by atoms with Gasteiger partial charge in [0.25, 0.3) is 0 Å². The third-order valence-electron chi connectivity index (χ3n) is 2.31. The summed E-state index contributed by atoms with van der Waals surface area (Å²) in [5.74, 6) is 0. The van der Waals surface area contributed by atoms with Crippen LogP contribution in [0.5, 0.6) is 0 Å². The number of amides is 3. The first-order chi connectivity index (χ1) is 7.17. The molecule has 1 unspecified atom stereocenters. The van der Waals surface area contributed by atoms with Gasteiger partial charge in [-0.15, -0.1) is 0 Å². The number of nitrogens with zero attached hydrogens (tertiary/aromatic N) is 1. The molecule has 2 N–H and O–H groups in total. The summed E-state index contributed by atoms with van der Waals surface area (Å²) in [5, 5.41) is 5.39. The molecule has 0 spiro atoms. The molecule has 1 aliphatic rings. The van der Waals surface area contributed by atoms with Crippen LogP contribution in [0, 0.1) is 0 Å². The lowest BCUT2D eigenvalue weighted by atomic mass is 10.3. The maximum absolute atomic E-state index is 11.4. The molecule has 86 valence electrons. The van der Waals surface area contributed by atoms with Gasteiger partial charge in [-0.3, -0.25) is 0 Å². The number of methoxy groups -OCH3 is 1. The minimum Gasteiger partial charge on any atom is -0.453 e. The number of alkyl carbamates (subject to hydrolysis) is 1. The largest absolute Gasteiger partial charge is 0.453 e. The van der Waals surface area contributed by atoms with Gasteiger partial charge >= 0.3 is 12.1 Å². The standard InChI is InChI=1S/C9H17N3O3/c1-3-10-8(13)12-5-4-7(6-12)11-9(14)15-2/h7H,3-6H2,1-2H3,(H,10,13)(H,11,14). The van der Waals surface area contributed by atoms with Crippen molar-refractivity contribution in [3.8, 4) is 0 Å². The summed E-state index contributed by atoms with van der Waals surface area (Å²) >= 11 is 0. The normalized spacial score (nSPS) is 19.9. The van der Waals surface area contributed by atoms with Crippen LogP contribution in [0.1, 0.15) is 13.3 Å². The highest BCUT2D eigenvalue weighted by atomic mass is 16.5. The van der Waals surface area contributed by atoms with Gasteiger partial charge in [-0.2, -0.15) is 0 Å². The van der Waals surface area contributed by atoms with Gasteiger partial charge < -0.3 is 20.3 Å². The smallest absolute Gasteiger partial charge is 0.407 e. The molecule has 0 saturated carbocycles. The number of hydrogen-bond acceptors (Lipinski definition) is 3. The SMILES string of the molecule is CCNC(=O)N1CCC(NC(=O)OC)C1. The molecular formula is C9H17N3O3. The minimum absolute atomic E-state index is 0.0000520. The molecule has 0 aromatic heterocycles. The Kier molecular flexibility index (Phi) is 4.20. The molecule has 0 radical (unpaired) electrons. The van der Waals surface area contributed by atoms with E-state index in [4.69, 9.17) is 0 Å². The predicted octanol–water partition coefficient (Wildman–Crippen LogP) is 0.146. The number of carbonyl (C=O) groups is 2. The maximum atomic E-state index is 11.4. The first kappa shape index (κ1) is 11.6. The molecular weight excluding hydrogens is 198 g/mol. The number of rotatable bonds is 2. The van der Waals surface area contributed by atoms with E-state index in [1.807, 2.05) is 6.92 Å². The third kappa shape index (κ3) is 3.30. The predicted molar refractivity (Wildman–Crippen MR) is 54.6 cm³/mol. The highest BCUT2D eigenvalue weighted by Crippen LogP contribution is 2.08. The van der Waals surface area contributed by atoms with Crippen molar-refractivity contribution in [1.82, 2.24) is 15.5 Å². The van der Waals surface area contributed by atoms with E-state index in [9.17, 15) is 9.59 Å². The van der Waals surface area contributed by atoms with Crippen molar-refractivity contribution < 1.29 is 14.3 Å². The first-order valence-corrected chi connectivity index (χ1v) is 5.04. The molecule has 0 bridgehead atoms. The number of likely N-dealkylation sites (tertiary alicyclic amines) is 1. The van der Waals surface area contributed by atoms with Crippen molar-refractivity contribution >= 4 is 12.1 Å². The maximum Gasteiger partial charge on any atom is 0.407 e. The molecule has 0 aromatic carbocycles. The summed E-state index contributed by atoms with van der Waals surface area (Å²) in [5.41, 5.74) is 0. The number of hydrogen-bond donors (Lipinski definition) is 2. The van der Waals surface area contributed by atoms with Crippen LogP contribution in [0.2, 0.25) is 0 Å². The average molecular weight is 215 g/mol. The van der Waals surface area contributed by atoms with Crippen LogP contribution in [0.4, 0.5) is 9.59 Å². The minimum atomic E-state index is -0.447. The van der Waals surface area contributed by atoms with Crippen molar-refractivity contribution in [3.05, 3.63) is 0 Å².